The number of aliphatic hydroxyl groups is 1. The van der Waals surface area contributed by atoms with E-state index in [1.165, 1.54) is 12.1 Å². The fraction of sp³-hybridized carbons (Fsp3) is 0.143. The zero-order chi connectivity index (χ0) is 12.4. The second kappa shape index (κ2) is 4.98. The summed E-state index contributed by atoms with van der Waals surface area (Å²) in [5.74, 6) is -0.352. The molecule has 2 aromatic rings. The second-order valence-electron chi connectivity index (χ2n) is 3.98. The molecule has 0 saturated carbocycles. The lowest BCUT2D eigenvalue weighted by atomic mass is 10.0. The Morgan fingerprint density at radius 1 is 1.12 bits per heavy atom. The van der Waals surface area contributed by atoms with Crippen molar-refractivity contribution in [3.63, 3.8) is 0 Å². The number of hydrogen-bond acceptors (Lipinski definition) is 1. The van der Waals surface area contributed by atoms with Gasteiger partial charge in [-0.05, 0) is 30.7 Å². The fourth-order valence-electron chi connectivity index (χ4n) is 1.65. The van der Waals surface area contributed by atoms with Gasteiger partial charge in [0.05, 0.1) is 0 Å². The molecule has 2 rings (SSSR count). The molecule has 1 nitrogen and oxygen atoms in total. The third kappa shape index (κ3) is 2.73. The lowest BCUT2D eigenvalue weighted by Gasteiger charge is -2.13. The van der Waals surface area contributed by atoms with Crippen LogP contribution in [0.5, 0.6) is 0 Å². The van der Waals surface area contributed by atoms with E-state index in [1.54, 1.807) is 6.07 Å². The zero-order valence-electron chi connectivity index (χ0n) is 9.32. The highest BCUT2D eigenvalue weighted by molar-refractivity contribution is 9.10. The van der Waals surface area contributed by atoms with Crippen LogP contribution in [0.2, 0.25) is 0 Å². The lowest BCUT2D eigenvalue weighted by Crippen LogP contribution is -2.01. The molecule has 0 saturated heterocycles. The number of benzene rings is 2. The molecule has 0 fully saturated rings. The van der Waals surface area contributed by atoms with Crippen LogP contribution in [-0.4, -0.2) is 5.11 Å². The molecule has 0 spiro atoms. The van der Waals surface area contributed by atoms with Gasteiger partial charge in [0.2, 0.25) is 0 Å². The Balaban J connectivity index is 2.39. The third-order valence-corrected chi connectivity index (χ3v) is 3.37. The smallest absolute Gasteiger partial charge is 0.123 e. The largest absolute Gasteiger partial charge is 0.384 e. The molecule has 0 aliphatic carbocycles. The van der Waals surface area contributed by atoms with Gasteiger partial charge in [0.15, 0.2) is 0 Å². The minimum absolute atomic E-state index is 0.352. The Labute approximate surface area is 108 Å². The maximum Gasteiger partial charge on any atom is 0.123 e. The summed E-state index contributed by atoms with van der Waals surface area (Å²) in [4.78, 5) is 0. The monoisotopic (exact) mass is 294 g/mol. The molecule has 3 heteroatoms. The van der Waals surface area contributed by atoms with E-state index in [-0.39, 0.29) is 5.82 Å². The molecule has 0 aromatic heterocycles. The van der Waals surface area contributed by atoms with Crippen molar-refractivity contribution in [2.24, 2.45) is 0 Å². The Morgan fingerprint density at radius 3 is 2.41 bits per heavy atom. The van der Waals surface area contributed by atoms with Crippen molar-refractivity contribution < 1.29 is 9.50 Å². The van der Waals surface area contributed by atoms with Gasteiger partial charge in [0.1, 0.15) is 11.9 Å². The number of halogens is 2. The predicted octanol–water partition coefficient (Wildman–Crippen LogP) is 3.98. The average Bonchev–Trinajstić information content (AvgIpc) is 2.32. The first kappa shape index (κ1) is 12.3. The molecule has 1 atom stereocenters. The molecule has 17 heavy (non-hydrogen) atoms. The Morgan fingerprint density at radius 2 is 1.76 bits per heavy atom. The quantitative estimate of drug-likeness (QED) is 0.888. The molecule has 88 valence electrons. The summed E-state index contributed by atoms with van der Waals surface area (Å²) in [5, 5.41) is 10.2. The highest BCUT2D eigenvalue weighted by Crippen LogP contribution is 2.29. The van der Waals surface area contributed by atoms with Crippen molar-refractivity contribution in [2.45, 2.75) is 13.0 Å². The summed E-state index contributed by atoms with van der Waals surface area (Å²) in [6.07, 6.45) is -0.819. The zero-order valence-corrected chi connectivity index (χ0v) is 10.9. The van der Waals surface area contributed by atoms with Gasteiger partial charge in [-0.1, -0.05) is 45.8 Å². The minimum atomic E-state index is -0.819. The van der Waals surface area contributed by atoms with E-state index in [9.17, 15) is 9.50 Å². The minimum Gasteiger partial charge on any atom is -0.384 e. The number of aryl methyl sites for hydroxylation is 1. The van der Waals surface area contributed by atoms with Gasteiger partial charge < -0.3 is 5.11 Å². The molecule has 1 unspecified atom stereocenters. The topological polar surface area (TPSA) is 20.2 Å². The SMILES string of the molecule is Cc1ccc(C(O)c2cc(F)ccc2Br)cc1. The third-order valence-electron chi connectivity index (χ3n) is 2.65. The van der Waals surface area contributed by atoms with Crippen LogP contribution in [0.4, 0.5) is 4.39 Å². The van der Waals surface area contributed by atoms with E-state index >= 15 is 0 Å². The number of hydrogen-bond donors (Lipinski definition) is 1. The molecule has 0 aliphatic heterocycles. The van der Waals surface area contributed by atoms with Gasteiger partial charge in [0, 0.05) is 10.0 Å². The van der Waals surface area contributed by atoms with Gasteiger partial charge in [-0.3, -0.25) is 0 Å². The Hall–Kier alpha value is -1.19. The molecule has 2 aromatic carbocycles. The van der Waals surface area contributed by atoms with Crippen LogP contribution in [0.3, 0.4) is 0 Å². The highest BCUT2D eigenvalue weighted by atomic mass is 79.9. The van der Waals surface area contributed by atoms with Crippen LogP contribution in [0, 0.1) is 12.7 Å². The van der Waals surface area contributed by atoms with E-state index in [1.807, 2.05) is 31.2 Å². The van der Waals surface area contributed by atoms with Crippen LogP contribution in [0.25, 0.3) is 0 Å². The summed E-state index contributed by atoms with van der Waals surface area (Å²) < 4.78 is 13.9. The van der Waals surface area contributed by atoms with Gasteiger partial charge in [0.25, 0.3) is 0 Å². The fourth-order valence-corrected chi connectivity index (χ4v) is 2.12. The molecular weight excluding hydrogens is 283 g/mol. The van der Waals surface area contributed by atoms with E-state index in [0.29, 0.717) is 10.0 Å². The maximum atomic E-state index is 13.2. The average molecular weight is 295 g/mol. The number of rotatable bonds is 2. The van der Waals surface area contributed by atoms with E-state index in [0.717, 1.165) is 11.1 Å². The summed E-state index contributed by atoms with van der Waals surface area (Å²) in [7, 11) is 0. The van der Waals surface area contributed by atoms with Crippen LogP contribution >= 0.6 is 15.9 Å². The maximum absolute atomic E-state index is 13.2. The molecule has 1 N–H and O–H groups in total. The molecule has 0 radical (unpaired) electrons. The van der Waals surface area contributed by atoms with Crippen LogP contribution in [0.15, 0.2) is 46.9 Å². The molecule has 0 amide bonds. The van der Waals surface area contributed by atoms with E-state index in [2.05, 4.69) is 15.9 Å². The van der Waals surface area contributed by atoms with E-state index < -0.39 is 6.10 Å². The molecule has 0 heterocycles. The first-order valence-electron chi connectivity index (χ1n) is 5.27. The summed E-state index contributed by atoms with van der Waals surface area (Å²) in [6.45, 7) is 1.98. The molecular formula is C14H12BrFO. The van der Waals surface area contributed by atoms with Gasteiger partial charge in [-0.25, -0.2) is 4.39 Å². The van der Waals surface area contributed by atoms with Crippen molar-refractivity contribution in [3.8, 4) is 0 Å². The van der Waals surface area contributed by atoms with Crippen molar-refractivity contribution in [1.29, 1.82) is 0 Å². The normalized spacial score (nSPS) is 12.5. The predicted molar refractivity (Wildman–Crippen MR) is 69.3 cm³/mol. The molecule has 0 bridgehead atoms. The van der Waals surface area contributed by atoms with Crippen molar-refractivity contribution in [2.75, 3.05) is 0 Å². The second-order valence-corrected chi connectivity index (χ2v) is 4.83. The van der Waals surface area contributed by atoms with Crippen molar-refractivity contribution >= 4 is 15.9 Å². The van der Waals surface area contributed by atoms with Crippen LogP contribution < -0.4 is 0 Å². The van der Waals surface area contributed by atoms with E-state index in [4.69, 9.17) is 0 Å². The lowest BCUT2D eigenvalue weighted by molar-refractivity contribution is 0.219. The first-order chi connectivity index (χ1) is 8.08. The van der Waals surface area contributed by atoms with Crippen LogP contribution in [0.1, 0.15) is 22.8 Å². The number of aliphatic hydroxyl groups excluding tert-OH is 1. The van der Waals surface area contributed by atoms with Crippen LogP contribution in [-0.2, 0) is 0 Å². The van der Waals surface area contributed by atoms with Gasteiger partial charge in [-0.15, -0.1) is 0 Å². The Bertz CT molecular complexity index is 522. The standard InChI is InChI=1S/C14H12BrFO/c1-9-2-4-10(5-3-9)14(17)12-8-11(16)6-7-13(12)15/h2-8,14,17H,1H3. The van der Waals surface area contributed by atoms with Crippen molar-refractivity contribution in [1.82, 2.24) is 0 Å². The first-order valence-corrected chi connectivity index (χ1v) is 6.07. The highest BCUT2D eigenvalue weighted by Gasteiger charge is 2.14. The Kier molecular flexibility index (Phi) is 3.60. The van der Waals surface area contributed by atoms with Crippen molar-refractivity contribution in [3.05, 3.63) is 69.4 Å². The summed E-state index contributed by atoms with van der Waals surface area (Å²) >= 11 is 3.32. The molecule has 0 aliphatic rings. The summed E-state index contributed by atoms with van der Waals surface area (Å²) in [6, 6.07) is 11.8. The summed E-state index contributed by atoms with van der Waals surface area (Å²) in [5.41, 5.74) is 2.41. The van der Waals surface area contributed by atoms with Gasteiger partial charge >= 0.3 is 0 Å². The van der Waals surface area contributed by atoms with Gasteiger partial charge in [-0.2, -0.15) is 0 Å².